The summed E-state index contributed by atoms with van der Waals surface area (Å²) in [5.41, 5.74) is 6.35. The second-order valence-electron chi connectivity index (χ2n) is 10.5. The first-order chi connectivity index (χ1) is 19.2. The number of anilines is 1. The van der Waals surface area contributed by atoms with Crippen molar-refractivity contribution in [3.63, 3.8) is 0 Å². The van der Waals surface area contributed by atoms with E-state index in [1.165, 1.54) is 24.5 Å². The first kappa shape index (κ1) is 27.9. The third kappa shape index (κ3) is 5.24. The number of amides is 2. The molecule has 0 radical (unpaired) electrons. The lowest BCUT2D eigenvalue weighted by Crippen LogP contribution is -2.51. The highest BCUT2D eigenvalue weighted by atomic mass is 79.9. The Morgan fingerprint density at radius 1 is 1.18 bits per heavy atom. The zero-order valence-electron chi connectivity index (χ0n) is 23.3. The lowest BCUT2D eigenvalue weighted by Gasteiger charge is -2.41. The Morgan fingerprint density at radius 3 is 2.55 bits per heavy atom. The molecule has 2 amide bonds. The van der Waals surface area contributed by atoms with Gasteiger partial charge in [0.15, 0.2) is 6.73 Å². The first-order valence-electron chi connectivity index (χ1n) is 13.6. The molecule has 0 spiro atoms. The average molecular weight is 604 g/mol. The summed E-state index contributed by atoms with van der Waals surface area (Å²) in [5, 5.41) is 0. The third-order valence-corrected chi connectivity index (χ3v) is 8.89. The Bertz CT molecular complexity index is 1420. The largest absolute Gasteiger partial charge is 0.473 e. The van der Waals surface area contributed by atoms with Gasteiger partial charge in [-0.2, -0.15) is 0 Å². The van der Waals surface area contributed by atoms with Crippen molar-refractivity contribution in [2.75, 3.05) is 31.8 Å². The Labute approximate surface area is 244 Å². The number of benzene rings is 2. The number of hydrogen-bond donors (Lipinski definition) is 0. The Balaban J connectivity index is 1.58. The summed E-state index contributed by atoms with van der Waals surface area (Å²) in [7, 11) is 2.04. The topological polar surface area (TPSA) is 65.5 Å². The van der Waals surface area contributed by atoms with Gasteiger partial charge >= 0.3 is 0 Å². The van der Waals surface area contributed by atoms with Crippen LogP contribution in [0.3, 0.4) is 0 Å². The highest BCUT2D eigenvalue weighted by Gasteiger charge is 2.40. The predicted molar refractivity (Wildman–Crippen MR) is 163 cm³/mol. The highest BCUT2D eigenvalue weighted by Crippen LogP contribution is 2.42. The van der Waals surface area contributed by atoms with Crippen molar-refractivity contribution in [3.8, 4) is 0 Å². The number of hydrogen-bond acceptors (Lipinski definition) is 5. The van der Waals surface area contributed by atoms with Crippen molar-refractivity contribution in [2.24, 2.45) is 4.99 Å². The van der Waals surface area contributed by atoms with Crippen LogP contribution < -0.4 is 4.90 Å². The van der Waals surface area contributed by atoms with Crippen molar-refractivity contribution < 1.29 is 14.3 Å². The summed E-state index contributed by atoms with van der Waals surface area (Å²) in [4.78, 5) is 37.1. The van der Waals surface area contributed by atoms with Crippen LogP contribution in [0.25, 0.3) is 0 Å². The minimum absolute atomic E-state index is 0.0432. The van der Waals surface area contributed by atoms with Gasteiger partial charge in [-0.05, 0) is 74.1 Å². The summed E-state index contributed by atoms with van der Waals surface area (Å²) in [6.45, 7) is 12.5. The molecule has 3 aliphatic rings. The average Bonchev–Trinajstić information content (AvgIpc) is 3.83. The van der Waals surface area contributed by atoms with Gasteiger partial charge in [-0.15, -0.1) is 0 Å². The van der Waals surface area contributed by atoms with Crippen LogP contribution in [0.5, 0.6) is 0 Å². The Morgan fingerprint density at radius 2 is 1.90 bits per heavy atom. The van der Waals surface area contributed by atoms with Crippen molar-refractivity contribution in [3.05, 3.63) is 93.8 Å². The molecule has 2 heterocycles. The van der Waals surface area contributed by atoms with E-state index < -0.39 is 6.04 Å². The zero-order chi connectivity index (χ0) is 28.6. The minimum Gasteiger partial charge on any atom is -0.473 e. The molecule has 5 rings (SSSR count). The molecule has 2 aliphatic heterocycles. The van der Waals surface area contributed by atoms with Crippen LogP contribution in [-0.4, -0.2) is 60.7 Å². The van der Waals surface area contributed by atoms with E-state index in [0.29, 0.717) is 35.9 Å². The molecule has 2 aromatic rings. The van der Waals surface area contributed by atoms with Crippen molar-refractivity contribution >= 4 is 45.3 Å². The molecule has 1 unspecified atom stereocenters. The summed E-state index contributed by atoms with van der Waals surface area (Å²) in [6, 6.07) is 12.0. The number of carbonyl (C=O) groups excluding carboxylic acids is 2. The molecular weight excluding hydrogens is 568 g/mol. The Hall–Kier alpha value is -3.65. The second kappa shape index (κ2) is 11.5. The van der Waals surface area contributed by atoms with E-state index in [1.54, 1.807) is 11.1 Å². The molecule has 0 aromatic heterocycles. The SMILES string of the molecule is C=CC(=O)N1COC(=C)C2=C(N(C)c3ccc(C4CC4)cc3)CCN(C(=O)c3ccc(Br)c(C)c3N=CC)C2C1. The maximum atomic E-state index is 14.2. The van der Waals surface area contributed by atoms with Gasteiger partial charge in [0.1, 0.15) is 5.76 Å². The Kier molecular flexibility index (Phi) is 7.99. The van der Waals surface area contributed by atoms with Gasteiger partial charge in [0, 0.05) is 54.2 Å². The van der Waals surface area contributed by atoms with E-state index in [1.807, 2.05) is 37.9 Å². The van der Waals surface area contributed by atoms with E-state index >= 15 is 0 Å². The first-order valence-corrected chi connectivity index (χ1v) is 14.4. The second-order valence-corrected chi connectivity index (χ2v) is 11.3. The molecule has 1 atom stereocenters. The normalized spacial score (nSPS) is 19.3. The molecule has 40 heavy (non-hydrogen) atoms. The van der Waals surface area contributed by atoms with Gasteiger partial charge in [-0.1, -0.05) is 41.2 Å². The molecule has 1 aliphatic carbocycles. The van der Waals surface area contributed by atoms with E-state index in [4.69, 9.17) is 4.74 Å². The summed E-state index contributed by atoms with van der Waals surface area (Å²) >= 11 is 3.57. The minimum atomic E-state index is -0.453. The maximum Gasteiger partial charge on any atom is 0.256 e. The molecule has 2 fully saturated rings. The van der Waals surface area contributed by atoms with Gasteiger partial charge in [0.05, 0.1) is 17.3 Å². The van der Waals surface area contributed by atoms with Gasteiger partial charge in [0.2, 0.25) is 5.91 Å². The molecule has 1 saturated heterocycles. The predicted octanol–water partition coefficient (Wildman–Crippen LogP) is 6.48. The number of nitrogens with zero attached hydrogens (tertiary/aromatic N) is 4. The maximum absolute atomic E-state index is 14.2. The molecular formula is C32H35BrN4O3. The van der Waals surface area contributed by atoms with Crippen LogP contribution in [0.2, 0.25) is 0 Å². The lowest BCUT2D eigenvalue weighted by molar-refractivity contribution is -0.130. The fourth-order valence-electron chi connectivity index (χ4n) is 5.61. The molecule has 2 aromatic carbocycles. The summed E-state index contributed by atoms with van der Waals surface area (Å²) < 4.78 is 6.91. The van der Waals surface area contributed by atoms with Crippen LogP contribution in [0.15, 0.2) is 82.1 Å². The van der Waals surface area contributed by atoms with E-state index in [2.05, 4.69) is 63.2 Å². The van der Waals surface area contributed by atoms with Crippen molar-refractivity contribution in [2.45, 2.75) is 45.1 Å². The molecule has 8 heteroatoms. The number of aliphatic imine (C=N–C) groups is 1. The van der Waals surface area contributed by atoms with Gasteiger partial charge in [-0.3, -0.25) is 14.6 Å². The fourth-order valence-corrected chi connectivity index (χ4v) is 5.93. The number of ether oxygens (including phenoxy) is 1. The van der Waals surface area contributed by atoms with Crippen LogP contribution in [0, 0.1) is 6.92 Å². The van der Waals surface area contributed by atoms with Crippen LogP contribution >= 0.6 is 15.9 Å². The monoisotopic (exact) mass is 602 g/mol. The van der Waals surface area contributed by atoms with Gasteiger partial charge < -0.3 is 19.4 Å². The highest BCUT2D eigenvalue weighted by molar-refractivity contribution is 9.10. The molecule has 7 nitrogen and oxygen atoms in total. The number of rotatable bonds is 6. The van der Waals surface area contributed by atoms with Crippen LogP contribution in [0.4, 0.5) is 11.4 Å². The molecule has 1 saturated carbocycles. The summed E-state index contributed by atoms with van der Waals surface area (Å²) in [6.07, 6.45) is 6.10. The number of fused-ring (bicyclic) bond motifs is 1. The summed E-state index contributed by atoms with van der Waals surface area (Å²) in [5.74, 6) is 0.757. The van der Waals surface area contributed by atoms with Crippen molar-refractivity contribution in [1.82, 2.24) is 9.80 Å². The molecule has 0 bridgehead atoms. The smallest absolute Gasteiger partial charge is 0.256 e. The fraction of sp³-hybridized carbons (Fsp3) is 0.344. The number of carbonyl (C=O) groups is 2. The lowest BCUT2D eigenvalue weighted by atomic mass is 9.92. The molecule has 0 N–H and O–H groups in total. The zero-order valence-corrected chi connectivity index (χ0v) is 24.9. The standard InChI is InChI=1S/C32H35BrN4O3/c1-6-29(38)36-18-28-30(21(4)40-19-36)27(35(5)24-12-10-23(11-13-24)22-8-9-22)16-17-37(28)32(39)25-14-15-26(33)20(3)31(25)34-7-2/h6-7,10-15,22,28H,1,4,8-9,16-19H2,2-3,5H3. The molecule has 208 valence electrons. The van der Waals surface area contributed by atoms with E-state index in [9.17, 15) is 9.59 Å². The van der Waals surface area contributed by atoms with Gasteiger partial charge in [0.25, 0.3) is 5.91 Å². The number of halogens is 1. The van der Waals surface area contributed by atoms with Crippen LogP contribution in [-0.2, 0) is 9.53 Å². The third-order valence-electron chi connectivity index (χ3n) is 8.03. The van der Waals surface area contributed by atoms with Crippen molar-refractivity contribution in [1.29, 1.82) is 0 Å². The van der Waals surface area contributed by atoms with E-state index in [-0.39, 0.29) is 25.1 Å². The van der Waals surface area contributed by atoms with Gasteiger partial charge in [-0.25, -0.2) is 0 Å². The quantitative estimate of drug-likeness (QED) is 0.280. The van der Waals surface area contributed by atoms with E-state index in [0.717, 1.165) is 27.0 Å². The van der Waals surface area contributed by atoms with Crippen LogP contribution in [0.1, 0.15) is 53.6 Å².